The Balaban J connectivity index is 1.07. The Morgan fingerprint density at radius 3 is 2.69 bits per heavy atom. The number of carbonyl (C=O) groups is 1. The summed E-state index contributed by atoms with van der Waals surface area (Å²) in [6, 6.07) is 0. The first-order valence-electron chi connectivity index (χ1n) is 12.5. The molecule has 0 radical (unpaired) electrons. The van der Waals surface area contributed by atoms with E-state index in [2.05, 4.69) is 31.7 Å². The van der Waals surface area contributed by atoms with Crippen LogP contribution < -0.4 is 0 Å². The SMILES string of the molecule is CC(C)=CC[C@H]1O[C@]1(C)C1CC(OC(=O)N2CC(CCN3CC[C@@H](F)C3)C2)CCC12CO2. The minimum atomic E-state index is -0.659. The van der Waals surface area contributed by atoms with Gasteiger partial charge in [-0.15, -0.1) is 0 Å². The van der Waals surface area contributed by atoms with Crippen molar-refractivity contribution in [2.45, 2.75) is 88.9 Å². The molecule has 5 rings (SSSR count). The summed E-state index contributed by atoms with van der Waals surface area (Å²) in [5, 5.41) is 0. The van der Waals surface area contributed by atoms with Crippen molar-refractivity contribution in [2.75, 3.05) is 39.3 Å². The van der Waals surface area contributed by atoms with Crippen molar-refractivity contribution in [1.29, 1.82) is 0 Å². The molecule has 6 nitrogen and oxygen atoms in total. The molecule has 4 saturated heterocycles. The van der Waals surface area contributed by atoms with Crippen LogP contribution in [0.3, 0.4) is 0 Å². The second kappa shape index (κ2) is 8.55. The van der Waals surface area contributed by atoms with Crippen molar-refractivity contribution >= 4 is 6.09 Å². The van der Waals surface area contributed by atoms with Gasteiger partial charge in [-0.05, 0) is 71.8 Å². The lowest BCUT2D eigenvalue weighted by Gasteiger charge is -2.41. The van der Waals surface area contributed by atoms with Gasteiger partial charge in [0.15, 0.2) is 0 Å². The first kappa shape index (κ1) is 22.6. The Labute approximate surface area is 191 Å². The van der Waals surface area contributed by atoms with Crippen LogP contribution in [-0.4, -0.2) is 84.8 Å². The molecule has 1 aliphatic carbocycles. The van der Waals surface area contributed by atoms with Crippen molar-refractivity contribution < 1.29 is 23.4 Å². The number of epoxide rings is 2. The molecule has 1 spiro atoms. The molecule has 32 heavy (non-hydrogen) atoms. The lowest BCUT2D eigenvalue weighted by atomic mass is 9.70. The van der Waals surface area contributed by atoms with Crippen LogP contribution in [0.25, 0.3) is 0 Å². The van der Waals surface area contributed by atoms with E-state index in [4.69, 9.17) is 14.2 Å². The van der Waals surface area contributed by atoms with E-state index in [1.54, 1.807) is 0 Å². The van der Waals surface area contributed by atoms with Gasteiger partial charge in [-0.1, -0.05) is 11.6 Å². The quantitative estimate of drug-likeness (QED) is 0.434. The third-order valence-electron chi connectivity index (χ3n) is 8.50. The predicted molar refractivity (Wildman–Crippen MR) is 119 cm³/mol. The Hall–Kier alpha value is -1.18. The maximum Gasteiger partial charge on any atom is 0.410 e. The number of allylic oxidation sites excluding steroid dienone is 1. The fourth-order valence-corrected chi connectivity index (χ4v) is 6.15. The van der Waals surface area contributed by atoms with Crippen molar-refractivity contribution in [3.63, 3.8) is 0 Å². The Morgan fingerprint density at radius 2 is 2.03 bits per heavy atom. The number of alkyl halides is 1. The number of ether oxygens (including phenoxy) is 3. The Kier molecular flexibility index (Phi) is 6.04. The summed E-state index contributed by atoms with van der Waals surface area (Å²) in [6.07, 6.45) is 6.86. The third-order valence-corrected chi connectivity index (χ3v) is 8.50. The summed E-state index contributed by atoms with van der Waals surface area (Å²) in [5.41, 5.74) is 1.08. The zero-order valence-corrected chi connectivity index (χ0v) is 19.9. The van der Waals surface area contributed by atoms with Crippen molar-refractivity contribution in [3.8, 4) is 0 Å². The molecule has 3 unspecified atom stereocenters. The molecule has 0 bridgehead atoms. The second-order valence-corrected chi connectivity index (χ2v) is 11.2. The van der Waals surface area contributed by atoms with Crippen LogP contribution in [-0.2, 0) is 14.2 Å². The minimum absolute atomic E-state index is 0.0578. The standard InChI is InChI=1S/C25H39FN2O4/c1-17(2)4-5-22-24(3,32-22)21-12-20(6-9-25(21)16-30-25)31-23(29)28-13-18(14-28)7-10-27-11-8-19(26)15-27/h4,18-22H,5-16H2,1-3H3/t19-,20?,21?,22-,24-,25?/m1/s1. The summed E-state index contributed by atoms with van der Waals surface area (Å²) in [7, 11) is 0. The fraction of sp³-hybridized carbons (Fsp3) is 0.880. The second-order valence-electron chi connectivity index (χ2n) is 11.2. The lowest BCUT2D eigenvalue weighted by Crippen LogP contribution is -2.52. The number of amides is 1. The topological polar surface area (TPSA) is 57.8 Å². The number of hydrogen-bond donors (Lipinski definition) is 0. The molecule has 1 amide bonds. The monoisotopic (exact) mass is 450 g/mol. The molecule has 5 aliphatic rings. The highest BCUT2D eigenvalue weighted by Gasteiger charge is 2.68. The molecule has 6 atom stereocenters. The number of carbonyl (C=O) groups excluding carboxylic acids is 1. The van der Waals surface area contributed by atoms with Crippen LogP contribution >= 0.6 is 0 Å². The summed E-state index contributed by atoms with van der Waals surface area (Å²) in [5.74, 6) is 0.791. The zero-order chi connectivity index (χ0) is 22.5. The summed E-state index contributed by atoms with van der Waals surface area (Å²) < 4.78 is 31.4. The number of likely N-dealkylation sites (tertiary alicyclic amines) is 2. The molecule has 180 valence electrons. The average Bonchev–Trinajstić information content (AvgIpc) is 3.58. The maximum absolute atomic E-state index is 13.3. The summed E-state index contributed by atoms with van der Waals surface area (Å²) in [4.78, 5) is 16.7. The van der Waals surface area contributed by atoms with Crippen LogP contribution in [0.4, 0.5) is 9.18 Å². The number of halogens is 1. The summed E-state index contributed by atoms with van der Waals surface area (Å²) in [6.45, 7) is 11.2. The maximum atomic E-state index is 13.3. The van der Waals surface area contributed by atoms with E-state index < -0.39 is 6.17 Å². The fourth-order valence-electron chi connectivity index (χ4n) is 6.15. The largest absolute Gasteiger partial charge is 0.446 e. The lowest BCUT2D eigenvalue weighted by molar-refractivity contribution is -0.0231. The zero-order valence-electron chi connectivity index (χ0n) is 19.9. The molecule has 4 heterocycles. The van der Waals surface area contributed by atoms with Gasteiger partial charge in [0.2, 0.25) is 0 Å². The highest BCUT2D eigenvalue weighted by molar-refractivity contribution is 5.68. The molecule has 0 aromatic carbocycles. The van der Waals surface area contributed by atoms with Gasteiger partial charge in [-0.25, -0.2) is 9.18 Å². The first-order valence-corrected chi connectivity index (χ1v) is 12.5. The van der Waals surface area contributed by atoms with E-state index in [-0.39, 0.29) is 35.4 Å². The Bertz CT molecular complexity index is 746. The predicted octanol–water partition coefficient (Wildman–Crippen LogP) is 3.94. The van der Waals surface area contributed by atoms with Crippen molar-refractivity contribution in [3.05, 3.63) is 11.6 Å². The normalized spacial score (nSPS) is 41.4. The Morgan fingerprint density at radius 1 is 1.25 bits per heavy atom. The van der Waals surface area contributed by atoms with Gasteiger partial charge in [0, 0.05) is 32.1 Å². The van der Waals surface area contributed by atoms with Crippen LogP contribution in [0.5, 0.6) is 0 Å². The molecule has 4 aliphatic heterocycles. The van der Waals surface area contributed by atoms with Gasteiger partial charge in [-0.3, -0.25) is 0 Å². The van der Waals surface area contributed by atoms with Crippen LogP contribution in [0.2, 0.25) is 0 Å². The number of nitrogens with zero attached hydrogens (tertiary/aromatic N) is 2. The first-order chi connectivity index (χ1) is 15.3. The van der Waals surface area contributed by atoms with Gasteiger partial charge in [-0.2, -0.15) is 0 Å². The van der Waals surface area contributed by atoms with Crippen LogP contribution in [0.1, 0.15) is 59.3 Å². The van der Waals surface area contributed by atoms with E-state index in [9.17, 15) is 9.18 Å². The van der Waals surface area contributed by atoms with E-state index in [0.29, 0.717) is 18.9 Å². The molecular weight excluding hydrogens is 411 g/mol. The molecule has 1 saturated carbocycles. The summed E-state index contributed by atoms with van der Waals surface area (Å²) >= 11 is 0. The highest BCUT2D eigenvalue weighted by Crippen LogP contribution is 2.59. The molecule has 0 aromatic heterocycles. The smallest absolute Gasteiger partial charge is 0.410 e. The molecule has 5 fully saturated rings. The molecular formula is C25H39FN2O4. The number of hydrogen-bond acceptors (Lipinski definition) is 5. The average molecular weight is 451 g/mol. The van der Waals surface area contributed by atoms with E-state index in [1.807, 2.05) is 4.90 Å². The molecule has 7 heteroatoms. The molecule has 0 N–H and O–H groups in total. The van der Waals surface area contributed by atoms with E-state index in [1.165, 1.54) is 5.57 Å². The van der Waals surface area contributed by atoms with Crippen molar-refractivity contribution in [2.24, 2.45) is 11.8 Å². The van der Waals surface area contributed by atoms with Gasteiger partial charge in [0.1, 0.15) is 12.3 Å². The van der Waals surface area contributed by atoms with Gasteiger partial charge in [0.05, 0.1) is 23.9 Å². The van der Waals surface area contributed by atoms with E-state index >= 15 is 0 Å². The number of rotatable bonds is 7. The third kappa shape index (κ3) is 4.58. The van der Waals surface area contributed by atoms with Gasteiger partial charge >= 0.3 is 6.09 Å². The van der Waals surface area contributed by atoms with E-state index in [0.717, 1.165) is 64.9 Å². The van der Waals surface area contributed by atoms with Crippen molar-refractivity contribution in [1.82, 2.24) is 9.80 Å². The van der Waals surface area contributed by atoms with Crippen LogP contribution in [0, 0.1) is 11.8 Å². The van der Waals surface area contributed by atoms with Crippen LogP contribution in [0.15, 0.2) is 11.6 Å². The molecule has 0 aromatic rings. The highest BCUT2D eigenvalue weighted by atomic mass is 19.1. The van der Waals surface area contributed by atoms with Gasteiger partial charge in [0.25, 0.3) is 0 Å². The van der Waals surface area contributed by atoms with Gasteiger partial charge < -0.3 is 24.0 Å². The minimum Gasteiger partial charge on any atom is -0.446 e.